The van der Waals surface area contributed by atoms with E-state index in [1.165, 1.54) is 23.5 Å². The summed E-state index contributed by atoms with van der Waals surface area (Å²) in [4.78, 5) is 19.7. The lowest BCUT2D eigenvalue weighted by Gasteiger charge is -2.12. The Morgan fingerprint density at radius 2 is 2.05 bits per heavy atom. The summed E-state index contributed by atoms with van der Waals surface area (Å²) in [5.74, 6) is 0.686. The number of nitrogens with zero attached hydrogens (tertiary/aromatic N) is 2. The van der Waals surface area contributed by atoms with Crippen molar-refractivity contribution in [2.45, 2.75) is 20.3 Å². The molecular weight excluding hydrogens is 266 g/mol. The molecular formula is C16H19N3O2. The number of methoxy groups -OCH3 is 1. The van der Waals surface area contributed by atoms with Crippen molar-refractivity contribution >= 4 is 5.91 Å². The second-order valence-corrected chi connectivity index (χ2v) is 4.77. The number of ether oxygens (including phenoxy) is 1. The molecule has 0 aliphatic heterocycles. The van der Waals surface area contributed by atoms with Gasteiger partial charge in [-0.2, -0.15) is 0 Å². The third-order valence-electron chi connectivity index (χ3n) is 3.55. The first kappa shape index (κ1) is 15.0. The summed E-state index contributed by atoms with van der Waals surface area (Å²) >= 11 is 0. The van der Waals surface area contributed by atoms with Gasteiger partial charge in [-0.25, -0.2) is 4.98 Å². The van der Waals surface area contributed by atoms with Gasteiger partial charge in [0.25, 0.3) is 5.91 Å². The predicted octanol–water partition coefficient (Wildman–Crippen LogP) is 2.07. The zero-order chi connectivity index (χ0) is 15.2. The third-order valence-corrected chi connectivity index (χ3v) is 3.55. The molecule has 1 amide bonds. The first-order valence-electron chi connectivity index (χ1n) is 6.80. The zero-order valence-corrected chi connectivity index (χ0v) is 12.5. The van der Waals surface area contributed by atoms with Crippen LogP contribution in [0.1, 0.15) is 27.2 Å². The zero-order valence-electron chi connectivity index (χ0n) is 12.5. The molecule has 0 aliphatic rings. The maximum Gasteiger partial charge on any atom is 0.271 e. The molecule has 21 heavy (non-hydrogen) atoms. The summed E-state index contributed by atoms with van der Waals surface area (Å²) in [6.07, 6.45) is 5.27. The van der Waals surface area contributed by atoms with Crippen LogP contribution in [-0.2, 0) is 6.42 Å². The quantitative estimate of drug-likeness (QED) is 0.913. The molecule has 2 rings (SSSR count). The van der Waals surface area contributed by atoms with Gasteiger partial charge in [0, 0.05) is 18.9 Å². The smallest absolute Gasteiger partial charge is 0.271 e. The molecule has 2 aromatic rings. The van der Waals surface area contributed by atoms with E-state index in [9.17, 15) is 4.79 Å². The molecule has 0 radical (unpaired) electrons. The molecule has 0 spiro atoms. The number of benzene rings is 1. The van der Waals surface area contributed by atoms with E-state index in [1.54, 1.807) is 13.3 Å². The third kappa shape index (κ3) is 3.56. The monoisotopic (exact) mass is 285 g/mol. The molecule has 0 atom stereocenters. The molecule has 1 aromatic carbocycles. The lowest BCUT2D eigenvalue weighted by molar-refractivity contribution is 0.0948. The van der Waals surface area contributed by atoms with Crippen LogP contribution in [0.5, 0.6) is 5.75 Å². The Bertz CT molecular complexity index is 627. The summed E-state index contributed by atoms with van der Waals surface area (Å²) in [7, 11) is 1.67. The van der Waals surface area contributed by atoms with Gasteiger partial charge < -0.3 is 10.1 Å². The Morgan fingerprint density at radius 3 is 2.71 bits per heavy atom. The SMILES string of the molecule is COc1ccc(CCNC(=O)c2cnccn2)c(C)c1C. The molecule has 0 saturated heterocycles. The van der Waals surface area contributed by atoms with Crippen LogP contribution >= 0.6 is 0 Å². The highest BCUT2D eigenvalue weighted by atomic mass is 16.5. The average Bonchev–Trinajstić information content (AvgIpc) is 2.52. The van der Waals surface area contributed by atoms with Crippen LogP contribution in [0.15, 0.2) is 30.7 Å². The van der Waals surface area contributed by atoms with Crippen molar-refractivity contribution in [3.05, 3.63) is 53.1 Å². The van der Waals surface area contributed by atoms with E-state index in [0.29, 0.717) is 12.2 Å². The van der Waals surface area contributed by atoms with Gasteiger partial charge in [-0.15, -0.1) is 0 Å². The predicted molar refractivity (Wildman–Crippen MR) is 80.5 cm³/mol. The summed E-state index contributed by atoms with van der Waals surface area (Å²) in [5.41, 5.74) is 3.87. The van der Waals surface area contributed by atoms with Gasteiger partial charge in [0.2, 0.25) is 0 Å². The van der Waals surface area contributed by atoms with Crippen molar-refractivity contribution in [2.24, 2.45) is 0 Å². The van der Waals surface area contributed by atoms with Crippen molar-refractivity contribution in [3.63, 3.8) is 0 Å². The van der Waals surface area contributed by atoms with Gasteiger partial charge >= 0.3 is 0 Å². The van der Waals surface area contributed by atoms with Crippen molar-refractivity contribution in [2.75, 3.05) is 13.7 Å². The van der Waals surface area contributed by atoms with Crippen LogP contribution in [0, 0.1) is 13.8 Å². The van der Waals surface area contributed by atoms with Crippen LogP contribution in [0.3, 0.4) is 0 Å². The summed E-state index contributed by atoms with van der Waals surface area (Å²) in [5, 5.41) is 2.85. The summed E-state index contributed by atoms with van der Waals surface area (Å²) in [6.45, 7) is 4.66. The van der Waals surface area contributed by atoms with Crippen LogP contribution in [-0.4, -0.2) is 29.5 Å². The van der Waals surface area contributed by atoms with E-state index >= 15 is 0 Å². The number of rotatable bonds is 5. The standard InChI is InChI=1S/C16H19N3O2/c1-11-12(2)15(21-3)5-4-13(11)6-7-19-16(20)14-10-17-8-9-18-14/h4-5,8-10H,6-7H2,1-3H3,(H,19,20). The van der Waals surface area contributed by atoms with Crippen molar-refractivity contribution in [1.82, 2.24) is 15.3 Å². The van der Waals surface area contributed by atoms with Gasteiger partial charge in [0.15, 0.2) is 0 Å². The van der Waals surface area contributed by atoms with Gasteiger partial charge in [-0.3, -0.25) is 9.78 Å². The second kappa shape index (κ2) is 6.83. The number of carbonyl (C=O) groups is 1. The number of hydrogen-bond acceptors (Lipinski definition) is 4. The largest absolute Gasteiger partial charge is 0.496 e. The highest BCUT2D eigenvalue weighted by Crippen LogP contribution is 2.23. The lowest BCUT2D eigenvalue weighted by atomic mass is 10.00. The lowest BCUT2D eigenvalue weighted by Crippen LogP contribution is -2.26. The van der Waals surface area contributed by atoms with Crippen molar-refractivity contribution in [3.8, 4) is 5.75 Å². The minimum Gasteiger partial charge on any atom is -0.496 e. The fourth-order valence-corrected chi connectivity index (χ4v) is 2.16. The second-order valence-electron chi connectivity index (χ2n) is 4.77. The Hall–Kier alpha value is -2.43. The van der Waals surface area contributed by atoms with Gasteiger partial charge in [0.1, 0.15) is 11.4 Å². The van der Waals surface area contributed by atoms with E-state index in [-0.39, 0.29) is 5.91 Å². The van der Waals surface area contributed by atoms with E-state index < -0.39 is 0 Å². The van der Waals surface area contributed by atoms with Crippen LogP contribution in [0.4, 0.5) is 0 Å². The first-order chi connectivity index (χ1) is 10.1. The molecule has 0 bridgehead atoms. The molecule has 1 heterocycles. The van der Waals surface area contributed by atoms with Gasteiger partial charge in [-0.1, -0.05) is 6.07 Å². The number of carbonyl (C=O) groups excluding carboxylic acids is 1. The topological polar surface area (TPSA) is 64.1 Å². The minimum atomic E-state index is -0.203. The molecule has 0 fully saturated rings. The molecule has 5 heteroatoms. The number of aromatic nitrogens is 2. The highest BCUT2D eigenvalue weighted by Gasteiger charge is 2.09. The molecule has 0 unspecified atom stereocenters. The molecule has 110 valence electrons. The highest BCUT2D eigenvalue weighted by molar-refractivity contribution is 5.91. The van der Waals surface area contributed by atoms with Gasteiger partial charge in [-0.05, 0) is 43.0 Å². The molecule has 5 nitrogen and oxygen atoms in total. The Kier molecular flexibility index (Phi) is 4.87. The van der Waals surface area contributed by atoms with E-state index in [0.717, 1.165) is 17.7 Å². The molecule has 1 N–H and O–H groups in total. The summed E-state index contributed by atoms with van der Waals surface area (Å²) in [6, 6.07) is 4.00. The average molecular weight is 285 g/mol. The van der Waals surface area contributed by atoms with Crippen LogP contribution in [0.2, 0.25) is 0 Å². The van der Waals surface area contributed by atoms with Crippen molar-refractivity contribution in [1.29, 1.82) is 0 Å². The van der Waals surface area contributed by atoms with Crippen LogP contribution < -0.4 is 10.1 Å². The van der Waals surface area contributed by atoms with E-state index in [1.807, 2.05) is 19.1 Å². The van der Waals surface area contributed by atoms with Gasteiger partial charge in [0.05, 0.1) is 13.3 Å². The first-order valence-corrected chi connectivity index (χ1v) is 6.80. The maximum absolute atomic E-state index is 11.9. The normalized spacial score (nSPS) is 10.2. The fraction of sp³-hybridized carbons (Fsp3) is 0.312. The number of hydrogen-bond donors (Lipinski definition) is 1. The van der Waals surface area contributed by atoms with Crippen LogP contribution in [0.25, 0.3) is 0 Å². The fourth-order valence-electron chi connectivity index (χ4n) is 2.16. The molecule has 0 aliphatic carbocycles. The number of amides is 1. The minimum absolute atomic E-state index is 0.203. The van der Waals surface area contributed by atoms with E-state index in [2.05, 4.69) is 22.2 Å². The molecule has 1 aromatic heterocycles. The maximum atomic E-state index is 11.9. The Labute approximate surface area is 124 Å². The Morgan fingerprint density at radius 1 is 1.24 bits per heavy atom. The number of nitrogens with one attached hydrogen (secondary N) is 1. The van der Waals surface area contributed by atoms with E-state index in [4.69, 9.17) is 4.74 Å². The molecule has 0 saturated carbocycles. The summed E-state index contributed by atoms with van der Waals surface area (Å²) < 4.78 is 5.30. The van der Waals surface area contributed by atoms with Crippen molar-refractivity contribution < 1.29 is 9.53 Å². The Balaban J connectivity index is 1.95.